The van der Waals surface area contributed by atoms with Crippen LogP contribution in [0.15, 0.2) is 36.2 Å². The highest BCUT2D eigenvalue weighted by molar-refractivity contribution is 6.02. The lowest BCUT2D eigenvalue weighted by Gasteiger charge is -2.32. The summed E-state index contributed by atoms with van der Waals surface area (Å²) in [6, 6.07) is 7.43. The lowest BCUT2D eigenvalue weighted by atomic mass is 10.0. The number of rotatable bonds is 6. The van der Waals surface area contributed by atoms with Gasteiger partial charge in [0.15, 0.2) is 0 Å². The average molecular weight is 434 g/mol. The van der Waals surface area contributed by atoms with Crippen molar-refractivity contribution < 1.29 is 9.59 Å². The molecule has 1 aliphatic heterocycles. The van der Waals surface area contributed by atoms with Gasteiger partial charge < -0.3 is 14.8 Å². The minimum absolute atomic E-state index is 0.0217. The summed E-state index contributed by atoms with van der Waals surface area (Å²) in [7, 11) is 0. The molecule has 168 valence electrons. The highest BCUT2D eigenvalue weighted by Crippen LogP contribution is 2.20. The van der Waals surface area contributed by atoms with Crippen molar-refractivity contribution in [2.45, 2.75) is 53.1 Å². The standard InChI is InChI=1S/C25H31N5O2/c1-17(2)16-30-18(3)13-21(19(30)4)14-22(15-26)24(31)28-23-7-11-29(12-8-23)25(32)20-5-9-27-10-6-20/h5-6,9-10,13-14,17,23H,7-8,11-12,16H2,1-4H3,(H,28,31)/b22-14-. The van der Waals surface area contributed by atoms with E-state index >= 15 is 0 Å². The lowest BCUT2D eigenvalue weighted by Crippen LogP contribution is -2.46. The Hall–Kier alpha value is -3.40. The van der Waals surface area contributed by atoms with Crippen molar-refractivity contribution >= 4 is 17.9 Å². The molecule has 2 aromatic heterocycles. The Morgan fingerprint density at radius 2 is 1.91 bits per heavy atom. The molecule has 0 spiro atoms. The topological polar surface area (TPSA) is 91.0 Å². The third-order valence-electron chi connectivity index (χ3n) is 5.87. The molecule has 7 nitrogen and oxygen atoms in total. The predicted molar refractivity (Wildman–Crippen MR) is 124 cm³/mol. The Morgan fingerprint density at radius 1 is 1.25 bits per heavy atom. The molecule has 0 unspecified atom stereocenters. The first kappa shape index (κ1) is 23.3. The fourth-order valence-corrected chi connectivity index (χ4v) is 4.09. The van der Waals surface area contributed by atoms with Gasteiger partial charge in [0.25, 0.3) is 11.8 Å². The molecule has 0 radical (unpaired) electrons. The maximum absolute atomic E-state index is 12.8. The number of aromatic nitrogens is 2. The highest BCUT2D eigenvalue weighted by Gasteiger charge is 2.25. The molecule has 0 bridgehead atoms. The van der Waals surface area contributed by atoms with Gasteiger partial charge in [0, 0.05) is 55.0 Å². The van der Waals surface area contributed by atoms with E-state index < -0.39 is 0 Å². The molecular formula is C25H31N5O2. The molecular weight excluding hydrogens is 402 g/mol. The van der Waals surface area contributed by atoms with Crippen molar-refractivity contribution in [3.05, 3.63) is 58.7 Å². The van der Waals surface area contributed by atoms with E-state index in [2.05, 4.69) is 34.8 Å². The summed E-state index contributed by atoms with van der Waals surface area (Å²) in [6.07, 6.45) is 6.21. The third-order valence-corrected chi connectivity index (χ3v) is 5.87. The molecule has 1 fully saturated rings. The zero-order valence-electron chi connectivity index (χ0n) is 19.3. The Kier molecular flexibility index (Phi) is 7.47. The van der Waals surface area contributed by atoms with Gasteiger partial charge in [-0.1, -0.05) is 13.8 Å². The fraction of sp³-hybridized carbons (Fsp3) is 0.440. The number of amides is 2. The molecule has 0 atom stereocenters. The molecule has 1 saturated heterocycles. The summed E-state index contributed by atoms with van der Waals surface area (Å²) in [6.45, 7) is 10.4. The lowest BCUT2D eigenvalue weighted by molar-refractivity contribution is -0.117. The van der Waals surface area contributed by atoms with Crippen molar-refractivity contribution in [2.75, 3.05) is 13.1 Å². The number of carbonyl (C=O) groups is 2. The van der Waals surface area contributed by atoms with Gasteiger partial charge in [-0.3, -0.25) is 14.6 Å². The van der Waals surface area contributed by atoms with Crippen LogP contribution in [-0.4, -0.2) is 45.4 Å². The van der Waals surface area contributed by atoms with Gasteiger partial charge in [-0.15, -0.1) is 0 Å². The molecule has 0 saturated carbocycles. The third kappa shape index (κ3) is 5.44. The summed E-state index contributed by atoms with van der Waals surface area (Å²) < 4.78 is 2.22. The first-order valence-corrected chi connectivity index (χ1v) is 11.1. The number of nitrogens with zero attached hydrogens (tertiary/aromatic N) is 4. The van der Waals surface area contributed by atoms with Crippen LogP contribution >= 0.6 is 0 Å². The maximum Gasteiger partial charge on any atom is 0.262 e. The number of nitriles is 1. The van der Waals surface area contributed by atoms with Gasteiger partial charge >= 0.3 is 0 Å². The molecule has 0 aromatic carbocycles. The van der Waals surface area contributed by atoms with Gasteiger partial charge in [0.2, 0.25) is 0 Å². The van der Waals surface area contributed by atoms with Gasteiger partial charge in [-0.2, -0.15) is 5.26 Å². The minimum atomic E-state index is -0.361. The van der Waals surface area contributed by atoms with Gasteiger partial charge in [0.05, 0.1) is 0 Å². The van der Waals surface area contributed by atoms with Crippen LogP contribution in [-0.2, 0) is 11.3 Å². The zero-order valence-corrected chi connectivity index (χ0v) is 19.3. The number of piperidine rings is 1. The Morgan fingerprint density at radius 3 is 2.50 bits per heavy atom. The second-order valence-corrected chi connectivity index (χ2v) is 8.78. The van der Waals surface area contributed by atoms with Crippen LogP contribution in [0.4, 0.5) is 0 Å². The van der Waals surface area contributed by atoms with E-state index in [-0.39, 0.29) is 23.4 Å². The highest BCUT2D eigenvalue weighted by atomic mass is 16.2. The van der Waals surface area contributed by atoms with Gasteiger partial charge in [-0.25, -0.2) is 0 Å². The summed E-state index contributed by atoms with van der Waals surface area (Å²) >= 11 is 0. The van der Waals surface area contributed by atoms with Crippen LogP contribution in [0.1, 0.15) is 54.0 Å². The first-order chi connectivity index (χ1) is 15.3. The van der Waals surface area contributed by atoms with Crippen LogP contribution in [0.3, 0.4) is 0 Å². The number of hydrogen-bond acceptors (Lipinski definition) is 4. The fourth-order valence-electron chi connectivity index (χ4n) is 4.09. The molecule has 32 heavy (non-hydrogen) atoms. The van der Waals surface area contributed by atoms with Crippen molar-refractivity contribution in [3.63, 3.8) is 0 Å². The van der Waals surface area contributed by atoms with E-state index in [1.165, 1.54) is 0 Å². The summed E-state index contributed by atoms with van der Waals surface area (Å²) in [5.74, 6) is 0.123. The molecule has 1 aliphatic rings. The van der Waals surface area contributed by atoms with Crippen LogP contribution in [0.2, 0.25) is 0 Å². The Bertz CT molecular complexity index is 1040. The largest absolute Gasteiger partial charge is 0.349 e. The maximum atomic E-state index is 12.8. The number of likely N-dealkylation sites (tertiary alicyclic amines) is 1. The minimum Gasteiger partial charge on any atom is -0.349 e. The van der Waals surface area contributed by atoms with Gasteiger partial charge in [0.1, 0.15) is 11.6 Å². The molecule has 2 amide bonds. The van der Waals surface area contributed by atoms with E-state index in [1.54, 1.807) is 35.5 Å². The molecule has 7 heteroatoms. The molecule has 3 heterocycles. The van der Waals surface area contributed by atoms with Crippen molar-refractivity contribution in [1.82, 2.24) is 19.8 Å². The van der Waals surface area contributed by atoms with E-state index in [9.17, 15) is 14.9 Å². The smallest absolute Gasteiger partial charge is 0.262 e. The van der Waals surface area contributed by atoms with Crippen molar-refractivity contribution in [3.8, 4) is 6.07 Å². The molecule has 2 aromatic rings. The van der Waals surface area contributed by atoms with Crippen molar-refractivity contribution in [2.24, 2.45) is 5.92 Å². The Balaban J connectivity index is 1.62. The van der Waals surface area contributed by atoms with Gasteiger partial charge in [-0.05, 0) is 62.4 Å². The normalized spacial score (nSPS) is 15.0. The van der Waals surface area contributed by atoms with E-state index in [0.717, 1.165) is 23.5 Å². The van der Waals surface area contributed by atoms with Crippen LogP contribution in [0, 0.1) is 31.1 Å². The summed E-state index contributed by atoms with van der Waals surface area (Å²) in [4.78, 5) is 31.1. The zero-order chi connectivity index (χ0) is 23.3. The monoisotopic (exact) mass is 433 g/mol. The molecule has 0 aliphatic carbocycles. The number of carbonyl (C=O) groups excluding carboxylic acids is 2. The average Bonchev–Trinajstić information content (AvgIpc) is 3.05. The van der Waals surface area contributed by atoms with E-state index in [4.69, 9.17) is 0 Å². The van der Waals surface area contributed by atoms with Crippen molar-refractivity contribution in [1.29, 1.82) is 5.26 Å². The number of hydrogen-bond donors (Lipinski definition) is 1. The van der Waals surface area contributed by atoms with E-state index in [1.807, 2.05) is 19.9 Å². The summed E-state index contributed by atoms with van der Waals surface area (Å²) in [5, 5.41) is 12.6. The van der Waals surface area contributed by atoms with Crippen LogP contribution in [0.25, 0.3) is 6.08 Å². The van der Waals surface area contributed by atoms with Crippen LogP contribution in [0.5, 0.6) is 0 Å². The number of pyridine rings is 1. The van der Waals surface area contributed by atoms with E-state index in [0.29, 0.717) is 37.4 Å². The second kappa shape index (κ2) is 10.3. The Labute approximate surface area is 189 Å². The molecule has 1 N–H and O–H groups in total. The second-order valence-electron chi connectivity index (χ2n) is 8.78. The SMILES string of the molecule is Cc1cc(/C=C(/C#N)C(=O)NC2CCN(C(=O)c3ccncc3)CC2)c(C)n1CC(C)C. The number of nitrogens with one attached hydrogen (secondary N) is 1. The number of aryl methyl sites for hydroxylation is 1. The quantitative estimate of drug-likeness (QED) is 0.558. The van der Waals surface area contributed by atoms with Crippen LogP contribution < -0.4 is 5.32 Å². The summed E-state index contributed by atoms with van der Waals surface area (Å²) in [5.41, 5.74) is 3.79. The molecule has 3 rings (SSSR count). The first-order valence-electron chi connectivity index (χ1n) is 11.1. The predicted octanol–water partition coefficient (Wildman–Crippen LogP) is 3.48.